The summed E-state index contributed by atoms with van der Waals surface area (Å²) in [6.45, 7) is 4.49. The van der Waals surface area contributed by atoms with Gasteiger partial charge in [0, 0.05) is 11.9 Å². The topological polar surface area (TPSA) is 15.8 Å². The van der Waals surface area contributed by atoms with E-state index in [0.29, 0.717) is 0 Å². The third-order valence-corrected chi connectivity index (χ3v) is 2.51. The molecule has 0 spiro atoms. The van der Waals surface area contributed by atoms with Crippen LogP contribution in [0.1, 0.15) is 50.8 Å². The third-order valence-electron chi connectivity index (χ3n) is 2.51. The fourth-order valence-electron chi connectivity index (χ4n) is 1.62. The molecule has 0 unspecified atom stereocenters. The van der Waals surface area contributed by atoms with E-state index in [1.807, 2.05) is 0 Å². The van der Waals surface area contributed by atoms with Gasteiger partial charge in [-0.2, -0.15) is 0 Å². The Bertz CT molecular complexity index is 202. The van der Waals surface area contributed by atoms with E-state index >= 15 is 0 Å². The first-order chi connectivity index (χ1) is 6.38. The van der Waals surface area contributed by atoms with Gasteiger partial charge in [-0.1, -0.05) is 26.7 Å². The number of rotatable bonds is 6. The predicted octanol–water partition coefficient (Wildman–Crippen LogP) is 3.70. The van der Waals surface area contributed by atoms with Gasteiger partial charge in [0.25, 0.3) is 0 Å². The first kappa shape index (κ1) is 10.4. The van der Waals surface area contributed by atoms with Crippen molar-refractivity contribution in [2.45, 2.75) is 52.4 Å². The zero-order chi connectivity index (χ0) is 9.52. The molecule has 1 nitrogen and oxygen atoms in total. The van der Waals surface area contributed by atoms with Crippen LogP contribution in [0.5, 0.6) is 0 Å². The zero-order valence-electron chi connectivity index (χ0n) is 8.90. The first-order valence-electron chi connectivity index (χ1n) is 5.53. The van der Waals surface area contributed by atoms with E-state index in [1.54, 1.807) is 0 Å². The van der Waals surface area contributed by atoms with Crippen molar-refractivity contribution in [2.75, 3.05) is 0 Å². The van der Waals surface area contributed by atoms with Crippen molar-refractivity contribution < 1.29 is 0 Å². The molecule has 1 heteroatoms. The molecule has 0 amide bonds. The van der Waals surface area contributed by atoms with Crippen LogP contribution in [-0.4, -0.2) is 4.98 Å². The van der Waals surface area contributed by atoms with Gasteiger partial charge in [0.05, 0.1) is 0 Å². The maximum absolute atomic E-state index is 3.35. The van der Waals surface area contributed by atoms with E-state index in [2.05, 4.69) is 31.1 Å². The number of hydrogen-bond acceptors (Lipinski definition) is 0. The van der Waals surface area contributed by atoms with Gasteiger partial charge in [-0.05, 0) is 37.3 Å². The number of H-pyrrole nitrogens is 1. The van der Waals surface area contributed by atoms with Gasteiger partial charge in [-0.15, -0.1) is 0 Å². The molecule has 0 saturated heterocycles. The van der Waals surface area contributed by atoms with Crippen LogP contribution in [0, 0.1) is 0 Å². The molecular weight excluding hydrogens is 158 g/mol. The molecule has 13 heavy (non-hydrogen) atoms. The molecule has 0 aliphatic carbocycles. The summed E-state index contributed by atoms with van der Waals surface area (Å²) in [5, 5.41) is 0. The minimum absolute atomic E-state index is 1.22. The normalized spacial score (nSPS) is 10.6. The molecule has 0 atom stereocenters. The minimum atomic E-state index is 1.22. The molecule has 1 aromatic rings. The van der Waals surface area contributed by atoms with Crippen molar-refractivity contribution in [2.24, 2.45) is 0 Å². The zero-order valence-corrected chi connectivity index (χ0v) is 8.90. The van der Waals surface area contributed by atoms with E-state index in [9.17, 15) is 0 Å². The maximum atomic E-state index is 3.35. The highest BCUT2D eigenvalue weighted by atomic mass is 14.7. The first-order valence-corrected chi connectivity index (χ1v) is 5.53. The molecule has 0 bridgehead atoms. The number of aromatic amines is 1. The number of unbranched alkanes of at least 4 members (excludes halogenated alkanes) is 2. The molecule has 1 aromatic heterocycles. The molecule has 0 aliphatic rings. The Labute approximate surface area is 81.6 Å². The Morgan fingerprint density at radius 2 is 1.77 bits per heavy atom. The fraction of sp³-hybridized carbons (Fsp3) is 0.667. The Morgan fingerprint density at radius 3 is 2.46 bits per heavy atom. The fourth-order valence-corrected chi connectivity index (χ4v) is 1.62. The highest BCUT2D eigenvalue weighted by Gasteiger charge is 2.01. The monoisotopic (exact) mass is 179 g/mol. The van der Waals surface area contributed by atoms with Crippen LogP contribution in [0.15, 0.2) is 12.3 Å². The smallest absolute Gasteiger partial charge is 0.0179 e. The number of aryl methyl sites for hydroxylation is 2. The van der Waals surface area contributed by atoms with E-state index in [4.69, 9.17) is 0 Å². The van der Waals surface area contributed by atoms with Gasteiger partial charge >= 0.3 is 0 Å². The van der Waals surface area contributed by atoms with E-state index in [0.717, 1.165) is 0 Å². The highest BCUT2D eigenvalue weighted by Crippen LogP contribution is 2.12. The second kappa shape index (κ2) is 5.85. The Kier molecular flexibility index (Phi) is 4.66. The van der Waals surface area contributed by atoms with E-state index < -0.39 is 0 Å². The third kappa shape index (κ3) is 3.25. The van der Waals surface area contributed by atoms with Crippen LogP contribution in [0.25, 0.3) is 0 Å². The standard InChI is InChI=1S/C12H21N/c1-3-5-7-11-9-10-13-12(11)8-6-4-2/h9-10,13H,3-8H2,1-2H3. The van der Waals surface area contributed by atoms with Crippen LogP contribution in [0.3, 0.4) is 0 Å². The predicted molar refractivity (Wildman–Crippen MR) is 58.0 cm³/mol. The van der Waals surface area contributed by atoms with Gasteiger partial charge < -0.3 is 4.98 Å². The minimum Gasteiger partial charge on any atom is -0.365 e. The highest BCUT2D eigenvalue weighted by molar-refractivity contribution is 5.20. The summed E-state index contributed by atoms with van der Waals surface area (Å²) >= 11 is 0. The maximum Gasteiger partial charge on any atom is 0.0179 e. The lowest BCUT2D eigenvalue weighted by Gasteiger charge is -2.02. The van der Waals surface area contributed by atoms with Gasteiger partial charge in [0.1, 0.15) is 0 Å². The van der Waals surface area contributed by atoms with Crippen molar-refractivity contribution in [3.8, 4) is 0 Å². The summed E-state index contributed by atoms with van der Waals surface area (Å²) in [5.74, 6) is 0. The average Bonchev–Trinajstić information content (AvgIpc) is 2.59. The van der Waals surface area contributed by atoms with Gasteiger partial charge in [0.2, 0.25) is 0 Å². The van der Waals surface area contributed by atoms with Crippen molar-refractivity contribution in [1.82, 2.24) is 4.98 Å². The largest absolute Gasteiger partial charge is 0.365 e. The molecule has 0 aliphatic heterocycles. The van der Waals surface area contributed by atoms with Crippen LogP contribution in [0.2, 0.25) is 0 Å². The van der Waals surface area contributed by atoms with Crippen LogP contribution < -0.4 is 0 Å². The Morgan fingerprint density at radius 1 is 1.08 bits per heavy atom. The lowest BCUT2D eigenvalue weighted by molar-refractivity contribution is 0.750. The molecule has 0 fully saturated rings. The summed E-state index contributed by atoms with van der Waals surface area (Å²) in [7, 11) is 0. The van der Waals surface area contributed by atoms with Crippen LogP contribution in [0.4, 0.5) is 0 Å². The Hall–Kier alpha value is -0.720. The Balaban J connectivity index is 2.45. The molecule has 1 N–H and O–H groups in total. The number of nitrogens with one attached hydrogen (secondary N) is 1. The summed E-state index contributed by atoms with van der Waals surface area (Å²) < 4.78 is 0. The van der Waals surface area contributed by atoms with Crippen molar-refractivity contribution >= 4 is 0 Å². The van der Waals surface area contributed by atoms with Gasteiger partial charge in [0.15, 0.2) is 0 Å². The average molecular weight is 179 g/mol. The summed E-state index contributed by atoms with van der Waals surface area (Å²) in [6, 6.07) is 2.24. The summed E-state index contributed by atoms with van der Waals surface area (Å²) in [5.41, 5.74) is 3.01. The quantitative estimate of drug-likeness (QED) is 0.685. The van der Waals surface area contributed by atoms with Crippen molar-refractivity contribution in [3.63, 3.8) is 0 Å². The molecule has 0 aromatic carbocycles. The lowest BCUT2D eigenvalue weighted by atomic mass is 10.1. The number of aromatic nitrogens is 1. The van der Waals surface area contributed by atoms with E-state index in [-0.39, 0.29) is 0 Å². The lowest BCUT2D eigenvalue weighted by Crippen LogP contribution is -1.92. The second-order valence-corrected chi connectivity index (χ2v) is 3.69. The van der Waals surface area contributed by atoms with Crippen LogP contribution >= 0.6 is 0 Å². The number of hydrogen-bond donors (Lipinski definition) is 1. The molecular formula is C12H21N. The molecule has 0 saturated carbocycles. The second-order valence-electron chi connectivity index (χ2n) is 3.69. The van der Waals surface area contributed by atoms with Crippen molar-refractivity contribution in [3.05, 3.63) is 23.5 Å². The van der Waals surface area contributed by atoms with E-state index in [1.165, 1.54) is 49.8 Å². The van der Waals surface area contributed by atoms with Crippen LogP contribution in [-0.2, 0) is 12.8 Å². The summed E-state index contributed by atoms with van der Waals surface area (Å²) in [6.07, 6.45) is 9.75. The summed E-state index contributed by atoms with van der Waals surface area (Å²) in [4.78, 5) is 3.35. The molecule has 1 heterocycles. The molecule has 1 rings (SSSR count). The van der Waals surface area contributed by atoms with Gasteiger partial charge in [-0.3, -0.25) is 0 Å². The SMILES string of the molecule is CCCCc1cc[nH]c1CCCC. The van der Waals surface area contributed by atoms with Gasteiger partial charge in [-0.25, -0.2) is 0 Å². The van der Waals surface area contributed by atoms with Crippen molar-refractivity contribution in [1.29, 1.82) is 0 Å². The molecule has 74 valence electrons. The molecule has 0 radical (unpaired) electrons.